The summed E-state index contributed by atoms with van der Waals surface area (Å²) < 4.78 is 23.8. The largest absolute Gasteiger partial charge is 0.352 e. The van der Waals surface area contributed by atoms with E-state index in [1.165, 1.54) is 6.26 Å². The highest BCUT2D eigenvalue weighted by Gasteiger charge is 2.32. The lowest BCUT2D eigenvalue weighted by Gasteiger charge is -2.36. The van der Waals surface area contributed by atoms with Gasteiger partial charge in [0.25, 0.3) is 0 Å². The fraction of sp³-hybridized carbons (Fsp3) is 0.417. The Morgan fingerprint density at radius 1 is 1.53 bits per heavy atom. The minimum atomic E-state index is -3.21. The number of anilines is 1. The van der Waals surface area contributed by atoms with Crippen LogP contribution in [0.2, 0.25) is 5.02 Å². The van der Waals surface area contributed by atoms with E-state index in [1.807, 2.05) is 0 Å². The number of hydrogen-bond donors (Lipinski definition) is 0. The average Bonchev–Trinajstić information content (AvgIpc) is 2.37. The molecule has 1 aromatic rings. The van der Waals surface area contributed by atoms with Crippen LogP contribution < -0.4 is 4.90 Å². The van der Waals surface area contributed by atoms with E-state index in [2.05, 4.69) is 6.07 Å². The van der Waals surface area contributed by atoms with E-state index >= 15 is 0 Å². The summed E-state index contributed by atoms with van der Waals surface area (Å²) in [5, 5.41) is 9.05. The van der Waals surface area contributed by atoms with E-state index in [0.29, 0.717) is 28.6 Å². The lowest BCUT2D eigenvalue weighted by Crippen LogP contribution is -2.47. The van der Waals surface area contributed by atoms with Crippen molar-refractivity contribution in [3.05, 3.63) is 28.8 Å². The number of nitrogens with zero attached hydrogens (tertiary/aromatic N) is 2. The van der Waals surface area contributed by atoms with Gasteiger partial charge in [-0.15, -0.1) is 0 Å². The van der Waals surface area contributed by atoms with Crippen molar-refractivity contribution in [1.29, 1.82) is 5.26 Å². The summed E-state index contributed by atoms with van der Waals surface area (Å²) in [6.45, 7) is 0.595. The van der Waals surface area contributed by atoms with Gasteiger partial charge in [0, 0.05) is 29.3 Å². The standard InChI is InChI=1S/C12H13ClN2O2S2/c1-19(16,17)12-8-18-5-4-15(12)11-6-10(13)3-2-9(11)7-14/h2-3,6,12H,4-5,8H2,1H3. The van der Waals surface area contributed by atoms with Crippen LogP contribution in [0.1, 0.15) is 5.56 Å². The normalized spacial score (nSPS) is 20.1. The molecule has 0 N–H and O–H groups in total. The minimum Gasteiger partial charge on any atom is -0.352 e. The van der Waals surface area contributed by atoms with Gasteiger partial charge in [0.1, 0.15) is 11.4 Å². The SMILES string of the molecule is CS(=O)(=O)C1CSCCN1c1cc(Cl)ccc1C#N. The quantitative estimate of drug-likeness (QED) is 0.836. The molecule has 0 bridgehead atoms. The van der Waals surface area contributed by atoms with E-state index < -0.39 is 15.2 Å². The molecule has 0 aliphatic carbocycles. The molecule has 19 heavy (non-hydrogen) atoms. The van der Waals surface area contributed by atoms with Gasteiger partial charge in [-0.2, -0.15) is 17.0 Å². The summed E-state index contributed by atoms with van der Waals surface area (Å²) >= 11 is 7.57. The third kappa shape index (κ3) is 3.16. The van der Waals surface area contributed by atoms with Gasteiger partial charge in [0.05, 0.1) is 11.3 Å². The number of halogens is 1. The number of rotatable bonds is 2. The molecule has 102 valence electrons. The fourth-order valence-corrected chi connectivity index (χ4v) is 5.05. The van der Waals surface area contributed by atoms with Crippen LogP contribution in [0.5, 0.6) is 0 Å². The van der Waals surface area contributed by atoms with Crippen molar-refractivity contribution in [1.82, 2.24) is 0 Å². The Morgan fingerprint density at radius 2 is 2.26 bits per heavy atom. The molecular formula is C12H13ClN2O2S2. The summed E-state index contributed by atoms with van der Waals surface area (Å²) in [6, 6.07) is 7.01. The molecule has 1 heterocycles. The van der Waals surface area contributed by atoms with Gasteiger partial charge in [0.15, 0.2) is 9.84 Å². The molecule has 1 aliphatic heterocycles. The predicted octanol–water partition coefficient (Wildman–Crippen LogP) is 2.14. The van der Waals surface area contributed by atoms with Crippen molar-refractivity contribution in [3.63, 3.8) is 0 Å². The van der Waals surface area contributed by atoms with Crippen molar-refractivity contribution in [2.75, 3.05) is 29.2 Å². The number of hydrogen-bond acceptors (Lipinski definition) is 5. The van der Waals surface area contributed by atoms with E-state index in [-0.39, 0.29) is 0 Å². The molecule has 1 unspecified atom stereocenters. The Hall–Kier alpha value is -0.900. The van der Waals surface area contributed by atoms with Crippen LogP contribution in [0.4, 0.5) is 5.69 Å². The maximum atomic E-state index is 11.9. The second-order valence-electron chi connectivity index (χ2n) is 4.33. The molecule has 0 amide bonds. The maximum absolute atomic E-state index is 11.9. The van der Waals surface area contributed by atoms with Crippen molar-refractivity contribution >= 4 is 38.9 Å². The number of sulfone groups is 1. The van der Waals surface area contributed by atoms with Crippen molar-refractivity contribution < 1.29 is 8.42 Å². The molecule has 0 aromatic heterocycles. The summed E-state index contributed by atoms with van der Waals surface area (Å²) in [7, 11) is -3.21. The molecule has 2 rings (SSSR count). The van der Waals surface area contributed by atoms with Gasteiger partial charge < -0.3 is 4.90 Å². The Balaban J connectivity index is 2.49. The third-order valence-electron chi connectivity index (χ3n) is 2.97. The molecule has 1 fully saturated rings. The molecule has 0 saturated carbocycles. The Kier molecular flexibility index (Phi) is 4.29. The lowest BCUT2D eigenvalue weighted by molar-refractivity contribution is 0.584. The topological polar surface area (TPSA) is 61.2 Å². The molecule has 0 spiro atoms. The molecular weight excluding hydrogens is 304 g/mol. The zero-order chi connectivity index (χ0) is 14.0. The monoisotopic (exact) mass is 316 g/mol. The molecule has 0 radical (unpaired) electrons. The van der Waals surface area contributed by atoms with Gasteiger partial charge >= 0.3 is 0 Å². The second-order valence-corrected chi connectivity index (χ2v) is 8.12. The smallest absolute Gasteiger partial charge is 0.169 e. The second kappa shape index (κ2) is 5.61. The third-order valence-corrected chi connectivity index (χ3v) is 5.85. The van der Waals surface area contributed by atoms with Crippen LogP contribution >= 0.6 is 23.4 Å². The van der Waals surface area contributed by atoms with E-state index in [4.69, 9.17) is 16.9 Å². The Bertz CT molecular complexity index is 625. The zero-order valence-electron chi connectivity index (χ0n) is 10.3. The minimum absolute atomic E-state index is 0.449. The molecule has 4 nitrogen and oxygen atoms in total. The molecule has 7 heteroatoms. The summed E-state index contributed by atoms with van der Waals surface area (Å²) in [5.74, 6) is 1.35. The van der Waals surface area contributed by atoms with Crippen LogP contribution in [0.15, 0.2) is 18.2 Å². The highest BCUT2D eigenvalue weighted by Crippen LogP contribution is 2.31. The van der Waals surface area contributed by atoms with Gasteiger partial charge in [0.2, 0.25) is 0 Å². The first-order valence-electron chi connectivity index (χ1n) is 5.66. The number of benzene rings is 1. The van der Waals surface area contributed by atoms with Crippen LogP contribution in [0.25, 0.3) is 0 Å². The van der Waals surface area contributed by atoms with Crippen molar-refractivity contribution in [2.45, 2.75) is 5.37 Å². The van der Waals surface area contributed by atoms with Crippen molar-refractivity contribution in [2.24, 2.45) is 0 Å². The van der Waals surface area contributed by atoms with Gasteiger partial charge in [-0.1, -0.05) is 11.6 Å². The maximum Gasteiger partial charge on any atom is 0.169 e. The summed E-state index contributed by atoms with van der Waals surface area (Å²) in [4.78, 5) is 1.77. The molecule has 1 aromatic carbocycles. The Morgan fingerprint density at radius 3 is 2.89 bits per heavy atom. The predicted molar refractivity (Wildman–Crippen MR) is 79.5 cm³/mol. The Labute approximate surface area is 122 Å². The van der Waals surface area contributed by atoms with Crippen LogP contribution in [0.3, 0.4) is 0 Å². The summed E-state index contributed by atoms with van der Waals surface area (Å²) in [6.07, 6.45) is 1.23. The highest BCUT2D eigenvalue weighted by molar-refractivity contribution is 8.01. The van der Waals surface area contributed by atoms with Crippen LogP contribution in [-0.2, 0) is 9.84 Å². The average molecular weight is 317 g/mol. The van der Waals surface area contributed by atoms with E-state index in [1.54, 1.807) is 34.9 Å². The number of nitriles is 1. The molecule has 1 atom stereocenters. The lowest BCUT2D eigenvalue weighted by atomic mass is 10.1. The van der Waals surface area contributed by atoms with Crippen molar-refractivity contribution in [3.8, 4) is 6.07 Å². The molecule has 1 aliphatic rings. The van der Waals surface area contributed by atoms with Crippen LogP contribution in [-0.4, -0.2) is 38.1 Å². The first kappa shape index (κ1) is 14.5. The van der Waals surface area contributed by atoms with Gasteiger partial charge in [-0.25, -0.2) is 8.42 Å². The number of thioether (sulfide) groups is 1. The van der Waals surface area contributed by atoms with E-state index in [0.717, 1.165) is 5.75 Å². The van der Waals surface area contributed by atoms with Gasteiger partial charge in [-0.3, -0.25) is 0 Å². The van der Waals surface area contributed by atoms with Crippen LogP contribution in [0, 0.1) is 11.3 Å². The van der Waals surface area contributed by atoms with Gasteiger partial charge in [-0.05, 0) is 18.2 Å². The first-order chi connectivity index (χ1) is 8.93. The highest BCUT2D eigenvalue weighted by atomic mass is 35.5. The zero-order valence-corrected chi connectivity index (χ0v) is 12.7. The fourth-order valence-electron chi connectivity index (χ4n) is 2.05. The van der Waals surface area contributed by atoms with E-state index in [9.17, 15) is 8.42 Å². The first-order valence-corrected chi connectivity index (χ1v) is 9.15. The molecule has 1 saturated heterocycles. The summed E-state index contributed by atoms with van der Waals surface area (Å²) in [5.41, 5.74) is 1.05.